The van der Waals surface area contributed by atoms with Crippen molar-refractivity contribution >= 4 is 44.7 Å². The summed E-state index contributed by atoms with van der Waals surface area (Å²) < 4.78 is 16.0. The summed E-state index contributed by atoms with van der Waals surface area (Å²) in [5, 5.41) is 0. The first-order valence-electron chi connectivity index (χ1n) is 6.56. The van der Waals surface area contributed by atoms with Gasteiger partial charge in [0.05, 0.1) is 15.5 Å². The third kappa shape index (κ3) is 2.80. The lowest BCUT2D eigenvalue weighted by atomic mass is 10.3. The third-order valence-electron chi connectivity index (χ3n) is 3.56. The molecule has 108 valence electrons. The highest BCUT2D eigenvalue weighted by molar-refractivity contribution is 9.10. The van der Waals surface area contributed by atoms with Crippen molar-refractivity contribution in [3.63, 3.8) is 0 Å². The number of rotatable bonds is 3. The molecule has 0 aliphatic carbocycles. The number of anilines is 1. The number of nitrogens with two attached hydrogens (primary N) is 1. The summed E-state index contributed by atoms with van der Waals surface area (Å²) in [6.07, 6.45) is 0. The lowest BCUT2D eigenvalue weighted by Crippen LogP contribution is -2.35. The number of halogens is 2. The molecule has 0 bridgehead atoms. The Morgan fingerprint density at radius 3 is 2.80 bits per heavy atom. The maximum atomic E-state index is 13.7. The highest BCUT2D eigenvalue weighted by atomic mass is 79.9. The van der Waals surface area contributed by atoms with Gasteiger partial charge in [-0.1, -0.05) is 0 Å². The number of nitrogens with zero attached hydrogens (tertiary/aromatic N) is 3. The van der Waals surface area contributed by atoms with E-state index in [1.807, 2.05) is 16.3 Å². The summed E-state index contributed by atoms with van der Waals surface area (Å²) in [5.74, 6) is 2.53. The van der Waals surface area contributed by atoms with Gasteiger partial charge in [-0.25, -0.2) is 9.37 Å². The minimum absolute atomic E-state index is 0.284. The number of aromatic nitrogens is 2. The number of thioether (sulfide) groups is 1. The van der Waals surface area contributed by atoms with E-state index < -0.39 is 0 Å². The summed E-state index contributed by atoms with van der Waals surface area (Å²) >= 11 is 5.17. The predicted octanol–water partition coefficient (Wildman–Crippen LogP) is 2.57. The van der Waals surface area contributed by atoms with E-state index in [4.69, 9.17) is 5.73 Å². The molecule has 0 unspecified atom stereocenters. The van der Waals surface area contributed by atoms with E-state index in [2.05, 4.69) is 25.8 Å². The molecule has 1 aliphatic rings. The normalized spacial score (nSPS) is 16.9. The molecule has 7 heteroatoms. The van der Waals surface area contributed by atoms with E-state index in [-0.39, 0.29) is 5.82 Å². The molecule has 0 radical (unpaired) electrons. The van der Waals surface area contributed by atoms with Gasteiger partial charge in [0.1, 0.15) is 5.82 Å². The zero-order valence-corrected chi connectivity index (χ0v) is 13.4. The molecule has 1 aromatic heterocycles. The van der Waals surface area contributed by atoms with Crippen LogP contribution in [0.4, 0.5) is 10.3 Å². The van der Waals surface area contributed by atoms with Crippen molar-refractivity contribution in [2.45, 2.75) is 6.54 Å². The SMILES string of the molecule is Nc1nc2cc(Br)c(F)cc2n1CCN1CCSCC1. The molecule has 2 heterocycles. The molecule has 1 aromatic carbocycles. The Balaban J connectivity index is 1.83. The standard InChI is InChI=1S/C13H16BrFN4S/c14-9-7-11-12(8-10(9)15)19(13(16)17-11)2-1-18-3-5-20-6-4-18/h7-8H,1-6H2,(H2,16,17). The van der Waals surface area contributed by atoms with Gasteiger partial charge in [0.15, 0.2) is 0 Å². The highest BCUT2D eigenvalue weighted by Crippen LogP contribution is 2.25. The van der Waals surface area contributed by atoms with Crippen molar-refractivity contribution in [2.75, 3.05) is 36.9 Å². The van der Waals surface area contributed by atoms with E-state index in [1.54, 1.807) is 6.07 Å². The van der Waals surface area contributed by atoms with Crippen LogP contribution in [-0.4, -0.2) is 45.6 Å². The first-order valence-corrected chi connectivity index (χ1v) is 8.51. The van der Waals surface area contributed by atoms with E-state index >= 15 is 0 Å². The van der Waals surface area contributed by atoms with Crippen molar-refractivity contribution in [3.8, 4) is 0 Å². The highest BCUT2D eigenvalue weighted by Gasteiger charge is 2.14. The van der Waals surface area contributed by atoms with Gasteiger partial charge in [0.25, 0.3) is 0 Å². The lowest BCUT2D eigenvalue weighted by Gasteiger charge is -2.26. The second kappa shape index (κ2) is 5.91. The van der Waals surface area contributed by atoms with Crippen LogP contribution in [0.2, 0.25) is 0 Å². The zero-order valence-electron chi connectivity index (χ0n) is 11.0. The Hall–Kier alpha value is -0.790. The molecule has 1 saturated heterocycles. The maximum absolute atomic E-state index is 13.7. The second-order valence-electron chi connectivity index (χ2n) is 4.83. The molecule has 20 heavy (non-hydrogen) atoms. The average Bonchev–Trinajstić information content (AvgIpc) is 2.73. The van der Waals surface area contributed by atoms with Crippen molar-refractivity contribution in [1.82, 2.24) is 14.5 Å². The molecule has 2 aromatic rings. The Morgan fingerprint density at radius 2 is 2.05 bits per heavy atom. The summed E-state index contributed by atoms with van der Waals surface area (Å²) in [5.41, 5.74) is 7.45. The van der Waals surface area contributed by atoms with E-state index in [0.717, 1.165) is 37.2 Å². The third-order valence-corrected chi connectivity index (χ3v) is 5.11. The van der Waals surface area contributed by atoms with Crippen molar-refractivity contribution in [1.29, 1.82) is 0 Å². The summed E-state index contributed by atoms with van der Waals surface area (Å²) in [7, 11) is 0. The predicted molar refractivity (Wildman–Crippen MR) is 85.6 cm³/mol. The average molecular weight is 359 g/mol. The van der Waals surface area contributed by atoms with Crippen molar-refractivity contribution in [2.24, 2.45) is 0 Å². The van der Waals surface area contributed by atoms with Gasteiger partial charge in [0, 0.05) is 43.8 Å². The minimum Gasteiger partial charge on any atom is -0.369 e. The fourth-order valence-corrected chi connectivity index (χ4v) is 3.75. The van der Waals surface area contributed by atoms with Gasteiger partial charge < -0.3 is 10.3 Å². The monoisotopic (exact) mass is 358 g/mol. The van der Waals surface area contributed by atoms with Crippen LogP contribution >= 0.6 is 27.7 Å². The molecular weight excluding hydrogens is 343 g/mol. The second-order valence-corrected chi connectivity index (χ2v) is 6.91. The molecule has 2 N–H and O–H groups in total. The fourth-order valence-electron chi connectivity index (χ4n) is 2.44. The molecule has 0 spiro atoms. The Morgan fingerprint density at radius 1 is 1.30 bits per heavy atom. The number of fused-ring (bicyclic) bond motifs is 1. The summed E-state index contributed by atoms with van der Waals surface area (Å²) in [4.78, 5) is 6.71. The molecule has 1 aliphatic heterocycles. The molecule has 4 nitrogen and oxygen atoms in total. The van der Waals surface area contributed by atoms with Gasteiger partial charge in [-0.15, -0.1) is 0 Å². The number of nitrogen functional groups attached to an aromatic ring is 1. The minimum atomic E-state index is -0.284. The number of imidazole rings is 1. The molecule has 1 fully saturated rings. The quantitative estimate of drug-likeness (QED) is 0.915. The van der Waals surface area contributed by atoms with Crippen LogP contribution in [0.1, 0.15) is 0 Å². The summed E-state index contributed by atoms with van der Waals surface area (Å²) in [6.45, 7) is 3.89. The number of hydrogen-bond acceptors (Lipinski definition) is 4. The smallest absolute Gasteiger partial charge is 0.201 e. The number of benzene rings is 1. The summed E-state index contributed by atoms with van der Waals surface area (Å²) in [6, 6.07) is 3.17. The lowest BCUT2D eigenvalue weighted by molar-refractivity contribution is 0.291. The van der Waals surface area contributed by atoms with Gasteiger partial charge in [-0.2, -0.15) is 11.8 Å². The van der Waals surface area contributed by atoms with Gasteiger partial charge in [-0.05, 0) is 22.0 Å². The largest absolute Gasteiger partial charge is 0.369 e. The fraction of sp³-hybridized carbons (Fsp3) is 0.462. The van der Waals surface area contributed by atoms with Crippen LogP contribution in [0.3, 0.4) is 0 Å². The van der Waals surface area contributed by atoms with E-state index in [9.17, 15) is 4.39 Å². The van der Waals surface area contributed by atoms with Crippen LogP contribution in [0.5, 0.6) is 0 Å². The molecular formula is C13H16BrFN4S. The Labute approximate surface area is 129 Å². The topological polar surface area (TPSA) is 47.1 Å². The van der Waals surface area contributed by atoms with Crippen LogP contribution in [0.25, 0.3) is 11.0 Å². The molecule has 0 amide bonds. The molecule has 0 saturated carbocycles. The van der Waals surface area contributed by atoms with Crippen molar-refractivity contribution in [3.05, 3.63) is 22.4 Å². The van der Waals surface area contributed by atoms with Gasteiger partial charge in [-0.3, -0.25) is 4.90 Å². The van der Waals surface area contributed by atoms with Gasteiger partial charge >= 0.3 is 0 Å². The van der Waals surface area contributed by atoms with Crippen LogP contribution in [-0.2, 0) is 6.54 Å². The van der Waals surface area contributed by atoms with E-state index in [0.29, 0.717) is 10.4 Å². The van der Waals surface area contributed by atoms with Crippen LogP contribution in [0, 0.1) is 5.82 Å². The first-order chi connectivity index (χ1) is 9.65. The maximum Gasteiger partial charge on any atom is 0.201 e. The Kier molecular flexibility index (Phi) is 4.18. The Bertz CT molecular complexity index is 624. The van der Waals surface area contributed by atoms with E-state index in [1.165, 1.54) is 17.6 Å². The van der Waals surface area contributed by atoms with Crippen LogP contribution < -0.4 is 5.73 Å². The first kappa shape index (κ1) is 14.2. The number of hydrogen-bond donors (Lipinski definition) is 1. The van der Waals surface area contributed by atoms with Gasteiger partial charge in [0.2, 0.25) is 5.95 Å². The zero-order chi connectivity index (χ0) is 14.1. The van der Waals surface area contributed by atoms with Crippen LogP contribution in [0.15, 0.2) is 16.6 Å². The molecule has 0 atom stereocenters. The van der Waals surface area contributed by atoms with Crippen molar-refractivity contribution < 1.29 is 4.39 Å². The molecule has 3 rings (SSSR count).